The number of amides is 3. The number of benzene rings is 3. The van der Waals surface area contributed by atoms with E-state index in [1.165, 1.54) is 40.2 Å². The number of anilines is 1. The lowest BCUT2D eigenvalue weighted by Crippen LogP contribution is -2.35. The molecule has 1 saturated heterocycles. The zero-order chi connectivity index (χ0) is 34.6. The maximum absolute atomic E-state index is 13.4. The molecule has 1 aromatic heterocycles. The van der Waals surface area contributed by atoms with E-state index in [0.29, 0.717) is 34.7 Å². The molecule has 1 atom stereocenters. The third-order valence-corrected chi connectivity index (χ3v) is 8.48. The van der Waals surface area contributed by atoms with Crippen molar-refractivity contribution in [3.63, 3.8) is 0 Å². The molecule has 1 fully saturated rings. The Labute approximate surface area is 278 Å². The molecule has 2 heterocycles. The second kappa shape index (κ2) is 14.3. The highest BCUT2D eigenvalue weighted by molar-refractivity contribution is 8.15. The largest absolute Gasteiger partial charge is 0.573 e. The highest BCUT2D eigenvalue weighted by Crippen LogP contribution is 2.33. The van der Waals surface area contributed by atoms with Gasteiger partial charge in [-0.1, -0.05) is 55.1 Å². The second-order valence-corrected chi connectivity index (χ2v) is 11.7. The number of carbonyl (C=O) groups excluding carboxylic acids is 2. The molecule has 1 aliphatic rings. The van der Waals surface area contributed by atoms with Crippen molar-refractivity contribution < 1.29 is 37.4 Å². The molecular weight excluding hydrogens is 649 g/mol. The highest BCUT2D eigenvalue weighted by atomic mass is 32.2. The number of halogens is 3. The van der Waals surface area contributed by atoms with Crippen LogP contribution in [0, 0.1) is 6.92 Å². The van der Waals surface area contributed by atoms with Crippen molar-refractivity contribution in [2.75, 3.05) is 17.2 Å². The van der Waals surface area contributed by atoms with Crippen molar-refractivity contribution in [1.82, 2.24) is 19.7 Å². The van der Waals surface area contributed by atoms with Gasteiger partial charge in [-0.3, -0.25) is 14.5 Å². The summed E-state index contributed by atoms with van der Waals surface area (Å²) in [7, 11) is 0. The number of rotatable bonds is 10. The molecule has 250 valence electrons. The molecule has 48 heavy (non-hydrogen) atoms. The van der Waals surface area contributed by atoms with Crippen LogP contribution in [0.5, 0.6) is 5.75 Å². The number of ether oxygens (including phenoxy) is 1. The fourth-order valence-corrected chi connectivity index (χ4v) is 6.13. The summed E-state index contributed by atoms with van der Waals surface area (Å²) >= 11 is 1.16. The van der Waals surface area contributed by atoms with E-state index in [0.717, 1.165) is 27.8 Å². The maximum Gasteiger partial charge on any atom is 0.573 e. The standard InChI is InChI=1S/C33H31F3N6O5S/c1-4-21-7-6-20(3)16-27(21)42-29(44)18-48-31(42)38-28(43)17-26(40(5-2)32(45)46)22-8-10-23(11-9-22)30-37-19-41(39-30)24-12-14-25(15-13-24)47-33(34,35)36/h6-16,19,26H,4-5,17-18H2,1-3H3,(H,45,46). The SMILES string of the molecule is CCc1ccc(C)cc1N1C(=O)CSC1=NC(=O)CC(c1ccc(-c2ncn(-c3ccc(OC(F)(F)F)cc3)n2)cc1)N(CC)C(=O)O. The summed E-state index contributed by atoms with van der Waals surface area (Å²) in [5.74, 6) is -0.695. The first kappa shape index (κ1) is 34.2. The van der Waals surface area contributed by atoms with Crippen LogP contribution in [0.2, 0.25) is 0 Å². The molecular formula is C33H31F3N6O5S. The van der Waals surface area contributed by atoms with E-state index in [1.807, 2.05) is 32.0 Å². The fourth-order valence-electron chi connectivity index (χ4n) is 5.25. The van der Waals surface area contributed by atoms with Gasteiger partial charge in [0.05, 0.1) is 29.6 Å². The Balaban J connectivity index is 1.36. The minimum atomic E-state index is -4.80. The first-order valence-electron chi connectivity index (χ1n) is 14.9. The van der Waals surface area contributed by atoms with Crippen LogP contribution in [-0.2, 0) is 16.0 Å². The van der Waals surface area contributed by atoms with Crippen LogP contribution in [0.25, 0.3) is 17.1 Å². The lowest BCUT2D eigenvalue weighted by molar-refractivity contribution is -0.274. The van der Waals surface area contributed by atoms with Gasteiger partial charge in [-0.25, -0.2) is 14.5 Å². The average molecular weight is 681 g/mol. The number of nitrogens with zero attached hydrogens (tertiary/aromatic N) is 6. The number of amidine groups is 1. The zero-order valence-electron chi connectivity index (χ0n) is 26.1. The molecule has 0 radical (unpaired) electrons. The van der Waals surface area contributed by atoms with Crippen molar-refractivity contribution in [2.45, 2.75) is 46.0 Å². The molecule has 5 rings (SSSR count). The zero-order valence-corrected chi connectivity index (χ0v) is 27.0. The number of hydrogen-bond acceptors (Lipinski definition) is 7. The van der Waals surface area contributed by atoms with E-state index in [1.54, 1.807) is 31.2 Å². The van der Waals surface area contributed by atoms with Crippen molar-refractivity contribution in [1.29, 1.82) is 0 Å². The van der Waals surface area contributed by atoms with Gasteiger partial charge in [-0.05, 0) is 67.3 Å². The van der Waals surface area contributed by atoms with Gasteiger partial charge in [0.25, 0.3) is 5.91 Å². The summed E-state index contributed by atoms with van der Waals surface area (Å²) < 4.78 is 42.7. The van der Waals surface area contributed by atoms with Crippen molar-refractivity contribution in [3.05, 3.63) is 89.7 Å². The summed E-state index contributed by atoms with van der Waals surface area (Å²) in [6, 6.07) is 16.8. The van der Waals surface area contributed by atoms with Gasteiger partial charge in [0, 0.05) is 12.1 Å². The van der Waals surface area contributed by atoms with Gasteiger partial charge in [-0.2, -0.15) is 4.99 Å². The monoisotopic (exact) mass is 680 g/mol. The van der Waals surface area contributed by atoms with E-state index >= 15 is 0 Å². The Kier molecular flexibility index (Phi) is 10.2. The number of thioether (sulfide) groups is 1. The second-order valence-electron chi connectivity index (χ2n) is 10.8. The third kappa shape index (κ3) is 7.85. The Hall–Kier alpha value is -5.18. The number of alkyl halides is 3. The number of hydrogen-bond donors (Lipinski definition) is 1. The summed E-state index contributed by atoms with van der Waals surface area (Å²) in [5.41, 5.74) is 4.14. The highest BCUT2D eigenvalue weighted by Gasteiger charge is 2.33. The first-order valence-corrected chi connectivity index (χ1v) is 15.9. The van der Waals surface area contributed by atoms with Crippen LogP contribution >= 0.6 is 11.8 Å². The van der Waals surface area contributed by atoms with Gasteiger partial charge in [-0.15, -0.1) is 18.3 Å². The Bertz CT molecular complexity index is 1840. The van der Waals surface area contributed by atoms with Gasteiger partial charge in [0.15, 0.2) is 11.0 Å². The molecule has 1 N–H and O–H groups in total. The molecule has 0 saturated carbocycles. The third-order valence-electron chi connectivity index (χ3n) is 7.56. The predicted octanol–water partition coefficient (Wildman–Crippen LogP) is 6.80. The molecule has 0 spiro atoms. The van der Waals surface area contributed by atoms with E-state index in [4.69, 9.17) is 0 Å². The average Bonchev–Trinajstić information content (AvgIpc) is 3.67. The topological polar surface area (TPSA) is 130 Å². The van der Waals surface area contributed by atoms with E-state index < -0.39 is 24.4 Å². The van der Waals surface area contributed by atoms with Gasteiger partial charge < -0.3 is 14.7 Å². The van der Waals surface area contributed by atoms with Gasteiger partial charge >= 0.3 is 12.5 Å². The van der Waals surface area contributed by atoms with Crippen LogP contribution in [0.4, 0.5) is 23.7 Å². The molecule has 0 bridgehead atoms. The Morgan fingerprint density at radius 2 is 1.79 bits per heavy atom. The van der Waals surface area contributed by atoms with Crippen LogP contribution in [0.1, 0.15) is 43.0 Å². The normalized spacial score (nSPS) is 14.8. The quantitative estimate of drug-likeness (QED) is 0.194. The molecule has 15 heteroatoms. The molecule has 1 aliphatic heterocycles. The summed E-state index contributed by atoms with van der Waals surface area (Å²) in [6.45, 7) is 5.67. The molecule has 4 aromatic rings. The number of aromatic nitrogens is 3. The molecule has 11 nitrogen and oxygen atoms in total. The summed E-state index contributed by atoms with van der Waals surface area (Å²) in [5, 5.41) is 14.6. The minimum absolute atomic E-state index is 0.104. The van der Waals surface area contributed by atoms with Gasteiger partial charge in [0.1, 0.15) is 12.1 Å². The first-order chi connectivity index (χ1) is 22.9. The Morgan fingerprint density at radius 3 is 2.42 bits per heavy atom. The Morgan fingerprint density at radius 1 is 1.08 bits per heavy atom. The summed E-state index contributed by atoms with van der Waals surface area (Å²) in [6.07, 6.45) is -4.19. The molecule has 0 aliphatic carbocycles. The lowest BCUT2D eigenvalue weighted by atomic mass is 10.00. The lowest BCUT2D eigenvalue weighted by Gasteiger charge is -2.28. The van der Waals surface area contributed by atoms with Crippen molar-refractivity contribution >= 4 is 40.5 Å². The predicted molar refractivity (Wildman–Crippen MR) is 174 cm³/mol. The van der Waals surface area contributed by atoms with Crippen LogP contribution < -0.4 is 9.64 Å². The maximum atomic E-state index is 13.4. The summed E-state index contributed by atoms with van der Waals surface area (Å²) in [4.78, 5) is 49.7. The van der Waals surface area contributed by atoms with Crippen molar-refractivity contribution in [2.24, 2.45) is 4.99 Å². The molecule has 3 amide bonds. The number of carbonyl (C=O) groups is 3. The smallest absolute Gasteiger partial charge is 0.465 e. The van der Waals surface area contributed by atoms with E-state index in [-0.39, 0.29) is 35.5 Å². The van der Waals surface area contributed by atoms with Crippen molar-refractivity contribution in [3.8, 4) is 22.8 Å². The number of carboxylic acid groups (broad SMARTS) is 1. The molecule has 3 aromatic carbocycles. The number of aliphatic imine (C=N–C) groups is 1. The fraction of sp³-hybridized carbons (Fsp3) is 0.273. The van der Waals surface area contributed by atoms with Crippen LogP contribution in [0.15, 0.2) is 78.0 Å². The van der Waals surface area contributed by atoms with Crippen LogP contribution in [0.3, 0.4) is 0 Å². The minimum Gasteiger partial charge on any atom is -0.465 e. The number of aryl methyl sites for hydroxylation is 2. The van der Waals surface area contributed by atoms with E-state index in [2.05, 4.69) is 19.8 Å². The molecule has 1 unspecified atom stereocenters. The van der Waals surface area contributed by atoms with Crippen LogP contribution in [-0.4, -0.2) is 66.5 Å². The van der Waals surface area contributed by atoms with E-state index in [9.17, 15) is 32.7 Å². The van der Waals surface area contributed by atoms with Gasteiger partial charge in [0.2, 0.25) is 5.91 Å².